The highest BCUT2D eigenvalue weighted by molar-refractivity contribution is 5.73. The summed E-state index contributed by atoms with van der Waals surface area (Å²) >= 11 is 0. The van der Waals surface area contributed by atoms with Gasteiger partial charge in [-0.2, -0.15) is 0 Å². The van der Waals surface area contributed by atoms with Crippen molar-refractivity contribution in [2.75, 3.05) is 0 Å². The van der Waals surface area contributed by atoms with E-state index in [2.05, 4.69) is 19.9 Å². The fourth-order valence-electron chi connectivity index (χ4n) is 3.92. The Balaban J connectivity index is 1.50. The van der Waals surface area contributed by atoms with Crippen LogP contribution < -0.4 is 0 Å². The minimum atomic E-state index is 0.589. The molecule has 0 fully saturated rings. The molecule has 0 bridgehead atoms. The predicted octanol–water partition coefficient (Wildman–Crippen LogP) is 5.79. The lowest BCUT2D eigenvalue weighted by molar-refractivity contribution is 1.07. The zero-order valence-electron chi connectivity index (χ0n) is 19.1. The number of hydrogen-bond donors (Lipinski definition) is 0. The number of rotatable bonds is 5. The van der Waals surface area contributed by atoms with Crippen LogP contribution in [0, 0.1) is 0 Å². The molecule has 6 aromatic rings. The Labute approximate surface area is 207 Å². The van der Waals surface area contributed by atoms with E-state index in [1.54, 1.807) is 24.8 Å². The van der Waals surface area contributed by atoms with Crippen molar-refractivity contribution in [3.05, 3.63) is 116 Å². The first kappa shape index (κ1) is 21.4. The largest absolute Gasteiger partial charge is 0.244 e. The van der Waals surface area contributed by atoms with Crippen molar-refractivity contribution in [1.82, 2.24) is 34.9 Å². The van der Waals surface area contributed by atoms with Crippen molar-refractivity contribution in [1.29, 1.82) is 0 Å². The third kappa shape index (κ3) is 4.45. The smallest absolute Gasteiger partial charge is 0.164 e. The number of benzene rings is 3. The molecule has 0 aliphatic heterocycles. The molecular formula is C29H19N7. The Morgan fingerprint density at radius 2 is 0.722 bits per heavy atom. The SMILES string of the molecule is c1ccc(-c2nc(-c3cccc(-c4cncnc4)c3)nc(-c3cccc(-c4cncnc4)c3)n2)cc1. The third-order valence-electron chi connectivity index (χ3n) is 5.70. The van der Waals surface area contributed by atoms with Crippen LogP contribution in [0.1, 0.15) is 0 Å². The maximum absolute atomic E-state index is 4.88. The molecule has 3 aromatic carbocycles. The lowest BCUT2D eigenvalue weighted by atomic mass is 10.0. The minimum absolute atomic E-state index is 0.589. The van der Waals surface area contributed by atoms with Crippen molar-refractivity contribution >= 4 is 0 Å². The fourth-order valence-corrected chi connectivity index (χ4v) is 3.92. The van der Waals surface area contributed by atoms with E-state index in [0.717, 1.165) is 38.9 Å². The van der Waals surface area contributed by atoms with Gasteiger partial charge in [0.15, 0.2) is 17.5 Å². The molecule has 170 valence electrons. The molecule has 0 saturated heterocycles. The predicted molar refractivity (Wildman–Crippen MR) is 138 cm³/mol. The van der Waals surface area contributed by atoms with Crippen molar-refractivity contribution in [2.45, 2.75) is 0 Å². The second-order valence-electron chi connectivity index (χ2n) is 8.09. The first-order valence-electron chi connectivity index (χ1n) is 11.4. The van der Waals surface area contributed by atoms with E-state index in [0.29, 0.717) is 17.5 Å². The Bertz CT molecular complexity index is 1520. The number of hydrogen-bond acceptors (Lipinski definition) is 7. The molecule has 0 aliphatic carbocycles. The molecule has 36 heavy (non-hydrogen) atoms. The van der Waals surface area contributed by atoms with Crippen molar-refractivity contribution in [3.8, 4) is 56.4 Å². The Hall–Kier alpha value is -5.17. The van der Waals surface area contributed by atoms with Crippen LogP contribution in [-0.4, -0.2) is 34.9 Å². The summed E-state index contributed by atoms with van der Waals surface area (Å²) in [6.07, 6.45) is 10.2. The lowest BCUT2D eigenvalue weighted by Gasteiger charge is -2.10. The van der Waals surface area contributed by atoms with Gasteiger partial charge in [-0.05, 0) is 23.3 Å². The molecule has 0 radical (unpaired) electrons. The van der Waals surface area contributed by atoms with Gasteiger partial charge in [0.2, 0.25) is 0 Å². The van der Waals surface area contributed by atoms with E-state index >= 15 is 0 Å². The van der Waals surface area contributed by atoms with Gasteiger partial charge < -0.3 is 0 Å². The summed E-state index contributed by atoms with van der Waals surface area (Å²) < 4.78 is 0. The molecule has 0 unspecified atom stereocenters. The second-order valence-corrected chi connectivity index (χ2v) is 8.09. The van der Waals surface area contributed by atoms with Crippen molar-refractivity contribution in [2.24, 2.45) is 0 Å². The average Bonchev–Trinajstić information content (AvgIpc) is 2.98. The summed E-state index contributed by atoms with van der Waals surface area (Å²) in [6.45, 7) is 0. The van der Waals surface area contributed by atoms with Crippen LogP contribution in [0.3, 0.4) is 0 Å². The van der Waals surface area contributed by atoms with Crippen LogP contribution in [0.4, 0.5) is 0 Å². The van der Waals surface area contributed by atoms with Crippen LogP contribution in [0.2, 0.25) is 0 Å². The molecule has 3 aromatic heterocycles. The maximum Gasteiger partial charge on any atom is 0.164 e. The fraction of sp³-hybridized carbons (Fsp3) is 0. The minimum Gasteiger partial charge on any atom is -0.244 e. The van der Waals surface area contributed by atoms with E-state index < -0.39 is 0 Å². The summed E-state index contributed by atoms with van der Waals surface area (Å²) in [4.78, 5) is 31.1. The molecule has 0 atom stereocenters. The van der Waals surface area contributed by atoms with E-state index in [1.807, 2.05) is 78.9 Å². The van der Waals surface area contributed by atoms with Crippen LogP contribution in [0.5, 0.6) is 0 Å². The van der Waals surface area contributed by atoms with E-state index in [1.165, 1.54) is 12.7 Å². The van der Waals surface area contributed by atoms with Gasteiger partial charge in [-0.25, -0.2) is 34.9 Å². The zero-order chi connectivity index (χ0) is 24.2. The highest BCUT2D eigenvalue weighted by Gasteiger charge is 2.13. The lowest BCUT2D eigenvalue weighted by Crippen LogP contribution is -2.00. The molecule has 7 heteroatoms. The summed E-state index contributed by atoms with van der Waals surface area (Å²) in [6, 6.07) is 26.0. The topological polar surface area (TPSA) is 90.2 Å². The van der Waals surface area contributed by atoms with E-state index in [9.17, 15) is 0 Å². The Morgan fingerprint density at radius 3 is 1.19 bits per heavy atom. The van der Waals surface area contributed by atoms with Gasteiger partial charge in [0.25, 0.3) is 0 Å². The van der Waals surface area contributed by atoms with Gasteiger partial charge in [-0.15, -0.1) is 0 Å². The number of nitrogens with zero attached hydrogens (tertiary/aromatic N) is 7. The molecular weight excluding hydrogens is 446 g/mol. The number of aromatic nitrogens is 7. The summed E-state index contributed by atoms with van der Waals surface area (Å²) in [5.41, 5.74) is 6.51. The quantitative estimate of drug-likeness (QED) is 0.318. The summed E-state index contributed by atoms with van der Waals surface area (Å²) in [7, 11) is 0. The van der Waals surface area contributed by atoms with Gasteiger partial charge in [0.05, 0.1) is 0 Å². The monoisotopic (exact) mass is 465 g/mol. The molecule has 7 nitrogen and oxygen atoms in total. The van der Waals surface area contributed by atoms with Crippen molar-refractivity contribution in [3.63, 3.8) is 0 Å². The van der Waals surface area contributed by atoms with E-state index in [-0.39, 0.29) is 0 Å². The second kappa shape index (κ2) is 9.60. The standard InChI is InChI=1S/C29H19N7/c1-2-6-20(7-3-1)27-34-28(23-10-4-8-21(12-23)25-14-30-18-31-15-25)36-29(35-27)24-11-5-9-22(13-24)26-16-32-19-33-17-26/h1-19H. The first-order chi connectivity index (χ1) is 17.8. The van der Waals surface area contributed by atoms with E-state index in [4.69, 9.17) is 15.0 Å². The third-order valence-corrected chi connectivity index (χ3v) is 5.70. The first-order valence-corrected chi connectivity index (χ1v) is 11.4. The molecule has 0 N–H and O–H groups in total. The molecule has 3 heterocycles. The maximum atomic E-state index is 4.88. The van der Waals surface area contributed by atoms with Gasteiger partial charge in [0, 0.05) is 52.6 Å². The molecule has 6 rings (SSSR count). The average molecular weight is 466 g/mol. The Kier molecular flexibility index (Phi) is 5.70. The van der Waals surface area contributed by atoms with Crippen LogP contribution in [0.15, 0.2) is 116 Å². The van der Waals surface area contributed by atoms with Crippen LogP contribution in [-0.2, 0) is 0 Å². The molecule has 0 spiro atoms. The van der Waals surface area contributed by atoms with Crippen LogP contribution >= 0.6 is 0 Å². The van der Waals surface area contributed by atoms with Crippen molar-refractivity contribution < 1.29 is 0 Å². The highest BCUT2D eigenvalue weighted by atomic mass is 15.0. The molecule has 0 amide bonds. The van der Waals surface area contributed by atoms with Gasteiger partial charge in [0.1, 0.15) is 12.7 Å². The van der Waals surface area contributed by atoms with Gasteiger partial charge in [-0.1, -0.05) is 66.7 Å². The van der Waals surface area contributed by atoms with Crippen LogP contribution in [0.25, 0.3) is 56.4 Å². The van der Waals surface area contributed by atoms with Gasteiger partial charge in [-0.3, -0.25) is 0 Å². The molecule has 0 aliphatic rings. The normalized spacial score (nSPS) is 10.8. The highest BCUT2D eigenvalue weighted by Crippen LogP contribution is 2.29. The van der Waals surface area contributed by atoms with Gasteiger partial charge >= 0.3 is 0 Å². The zero-order valence-corrected chi connectivity index (χ0v) is 19.1. The summed E-state index contributed by atoms with van der Waals surface area (Å²) in [5.74, 6) is 1.79. The summed E-state index contributed by atoms with van der Waals surface area (Å²) in [5, 5.41) is 0. The molecule has 0 saturated carbocycles. The Morgan fingerprint density at radius 1 is 0.333 bits per heavy atom.